The molecule has 0 radical (unpaired) electrons. The van der Waals surface area contributed by atoms with E-state index in [0.717, 1.165) is 5.56 Å². The van der Waals surface area contributed by atoms with Gasteiger partial charge in [-0.1, -0.05) is 37.3 Å². The average molecular weight is 222 g/mol. The molecule has 2 atom stereocenters. The van der Waals surface area contributed by atoms with Crippen molar-refractivity contribution in [2.75, 3.05) is 6.61 Å². The number of esters is 1. The third kappa shape index (κ3) is 4.45. The van der Waals surface area contributed by atoms with Gasteiger partial charge in [-0.15, -0.1) is 0 Å². The van der Waals surface area contributed by atoms with Crippen molar-refractivity contribution >= 4 is 5.97 Å². The molecule has 0 fully saturated rings. The van der Waals surface area contributed by atoms with E-state index in [4.69, 9.17) is 4.74 Å². The van der Waals surface area contributed by atoms with Crippen molar-refractivity contribution in [1.82, 2.24) is 0 Å². The van der Waals surface area contributed by atoms with Gasteiger partial charge in [-0.05, 0) is 12.0 Å². The van der Waals surface area contributed by atoms with Crippen molar-refractivity contribution in [3.63, 3.8) is 0 Å². The van der Waals surface area contributed by atoms with Gasteiger partial charge in [0.15, 0.2) is 0 Å². The minimum atomic E-state index is -0.484. The zero-order valence-corrected chi connectivity index (χ0v) is 9.72. The SMILES string of the molecule is CC(=O)OC[C@@H](C)[C@@H](O)Cc1ccccc1. The van der Waals surface area contributed by atoms with E-state index in [9.17, 15) is 9.90 Å². The predicted octanol–water partition coefficient (Wildman–Crippen LogP) is 1.79. The second-order valence-corrected chi connectivity index (χ2v) is 4.04. The third-order valence-corrected chi connectivity index (χ3v) is 2.49. The predicted molar refractivity (Wildman–Crippen MR) is 61.9 cm³/mol. The maximum Gasteiger partial charge on any atom is 0.302 e. The Hall–Kier alpha value is -1.35. The molecule has 1 rings (SSSR count). The minimum absolute atomic E-state index is 0.0518. The molecule has 0 aliphatic carbocycles. The molecule has 0 aromatic heterocycles. The van der Waals surface area contributed by atoms with Crippen LogP contribution in [0.3, 0.4) is 0 Å². The van der Waals surface area contributed by atoms with Crippen LogP contribution in [-0.2, 0) is 16.0 Å². The van der Waals surface area contributed by atoms with Crippen molar-refractivity contribution in [3.8, 4) is 0 Å². The Kier molecular flexibility index (Phi) is 4.99. The van der Waals surface area contributed by atoms with Crippen LogP contribution in [0.25, 0.3) is 0 Å². The second-order valence-electron chi connectivity index (χ2n) is 4.04. The number of carbonyl (C=O) groups is 1. The lowest BCUT2D eigenvalue weighted by molar-refractivity contribution is -0.143. The molecule has 0 aliphatic rings. The van der Waals surface area contributed by atoms with Crippen LogP contribution in [-0.4, -0.2) is 23.8 Å². The molecule has 3 heteroatoms. The van der Waals surface area contributed by atoms with Gasteiger partial charge in [0.2, 0.25) is 0 Å². The lowest BCUT2D eigenvalue weighted by atomic mass is 9.98. The molecule has 0 amide bonds. The normalized spacial score (nSPS) is 14.2. The summed E-state index contributed by atoms with van der Waals surface area (Å²) in [5.41, 5.74) is 1.09. The minimum Gasteiger partial charge on any atom is -0.465 e. The van der Waals surface area contributed by atoms with Crippen LogP contribution < -0.4 is 0 Å². The molecule has 88 valence electrons. The molecular formula is C13H18O3. The number of rotatable bonds is 5. The molecule has 0 saturated carbocycles. The molecule has 0 heterocycles. The molecular weight excluding hydrogens is 204 g/mol. The fourth-order valence-corrected chi connectivity index (χ4v) is 1.42. The van der Waals surface area contributed by atoms with Gasteiger partial charge in [-0.25, -0.2) is 0 Å². The average Bonchev–Trinajstić information content (AvgIpc) is 2.27. The highest BCUT2D eigenvalue weighted by molar-refractivity contribution is 5.65. The zero-order chi connectivity index (χ0) is 12.0. The van der Waals surface area contributed by atoms with Crippen molar-refractivity contribution in [1.29, 1.82) is 0 Å². The topological polar surface area (TPSA) is 46.5 Å². The van der Waals surface area contributed by atoms with Gasteiger partial charge in [0.25, 0.3) is 0 Å². The highest BCUT2D eigenvalue weighted by Gasteiger charge is 2.15. The molecule has 1 aromatic rings. The van der Waals surface area contributed by atoms with Crippen LogP contribution in [0.15, 0.2) is 30.3 Å². The summed E-state index contributed by atoms with van der Waals surface area (Å²) in [4.78, 5) is 10.6. The molecule has 0 aliphatic heterocycles. The van der Waals surface area contributed by atoms with E-state index in [1.54, 1.807) is 0 Å². The fourth-order valence-electron chi connectivity index (χ4n) is 1.42. The Balaban J connectivity index is 2.39. The Bertz CT molecular complexity index is 321. The van der Waals surface area contributed by atoms with E-state index in [2.05, 4.69) is 0 Å². The molecule has 3 nitrogen and oxygen atoms in total. The van der Waals surface area contributed by atoms with Crippen LogP contribution in [0.4, 0.5) is 0 Å². The molecule has 0 spiro atoms. The van der Waals surface area contributed by atoms with E-state index in [0.29, 0.717) is 6.42 Å². The Morgan fingerprint density at radius 2 is 2.00 bits per heavy atom. The summed E-state index contributed by atoms with van der Waals surface area (Å²) < 4.78 is 4.86. The maximum atomic E-state index is 10.6. The first-order valence-electron chi connectivity index (χ1n) is 5.45. The summed E-state index contributed by atoms with van der Waals surface area (Å²) in [7, 11) is 0. The van der Waals surface area contributed by atoms with E-state index >= 15 is 0 Å². The van der Waals surface area contributed by atoms with Crippen molar-refractivity contribution in [3.05, 3.63) is 35.9 Å². The van der Waals surface area contributed by atoms with Crippen LogP contribution >= 0.6 is 0 Å². The lowest BCUT2D eigenvalue weighted by Gasteiger charge is -2.18. The highest BCUT2D eigenvalue weighted by Crippen LogP contribution is 2.11. The maximum absolute atomic E-state index is 10.6. The Morgan fingerprint density at radius 3 is 2.56 bits per heavy atom. The number of aliphatic hydroxyl groups is 1. The summed E-state index contributed by atoms with van der Waals surface area (Å²) in [6.07, 6.45) is 0.102. The second kappa shape index (κ2) is 6.28. The van der Waals surface area contributed by atoms with Gasteiger partial charge in [0, 0.05) is 12.8 Å². The van der Waals surface area contributed by atoms with Crippen molar-refractivity contribution < 1.29 is 14.6 Å². The summed E-state index contributed by atoms with van der Waals surface area (Å²) in [5.74, 6) is -0.358. The molecule has 0 saturated heterocycles. The standard InChI is InChI=1S/C13H18O3/c1-10(9-16-11(2)14)13(15)8-12-6-4-3-5-7-12/h3-7,10,13,15H,8-9H2,1-2H3/t10-,13+/m1/s1. The highest BCUT2D eigenvalue weighted by atomic mass is 16.5. The molecule has 1 aromatic carbocycles. The first kappa shape index (κ1) is 12.7. The van der Waals surface area contributed by atoms with Gasteiger partial charge < -0.3 is 9.84 Å². The summed E-state index contributed by atoms with van der Waals surface area (Å²) in [6.45, 7) is 3.51. The van der Waals surface area contributed by atoms with E-state index in [1.165, 1.54) is 6.92 Å². The van der Waals surface area contributed by atoms with Gasteiger partial charge in [-0.3, -0.25) is 4.79 Å². The first-order valence-corrected chi connectivity index (χ1v) is 5.45. The van der Waals surface area contributed by atoms with Crippen LogP contribution in [0.5, 0.6) is 0 Å². The number of benzene rings is 1. The molecule has 1 N–H and O–H groups in total. The van der Waals surface area contributed by atoms with E-state index in [1.807, 2.05) is 37.3 Å². The number of hydrogen-bond acceptors (Lipinski definition) is 3. The van der Waals surface area contributed by atoms with Gasteiger partial charge in [0.05, 0.1) is 12.7 Å². The quantitative estimate of drug-likeness (QED) is 0.773. The van der Waals surface area contributed by atoms with Gasteiger partial charge in [-0.2, -0.15) is 0 Å². The van der Waals surface area contributed by atoms with Gasteiger partial charge >= 0.3 is 5.97 Å². The number of ether oxygens (including phenoxy) is 1. The van der Waals surface area contributed by atoms with Gasteiger partial charge in [0.1, 0.15) is 0 Å². The fraction of sp³-hybridized carbons (Fsp3) is 0.462. The summed E-state index contributed by atoms with van der Waals surface area (Å²) in [5, 5.41) is 9.89. The number of aliphatic hydroxyl groups excluding tert-OH is 1. The van der Waals surface area contributed by atoms with E-state index in [-0.39, 0.29) is 18.5 Å². The van der Waals surface area contributed by atoms with Crippen LogP contribution in [0.2, 0.25) is 0 Å². The van der Waals surface area contributed by atoms with Crippen LogP contribution in [0.1, 0.15) is 19.4 Å². The number of hydrogen-bond donors (Lipinski definition) is 1. The smallest absolute Gasteiger partial charge is 0.302 e. The summed E-state index contributed by atoms with van der Waals surface area (Å²) >= 11 is 0. The lowest BCUT2D eigenvalue weighted by Crippen LogP contribution is -2.25. The monoisotopic (exact) mass is 222 g/mol. The zero-order valence-electron chi connectivity index (χ0n) is 9.72. The molecule has 0 unspecified atom stereocenters. The third-order valence-electron chi connectivity index (χ3n) is 2.49. The Labute approximate surface area is 96.1 Å². The van der Waals surface area contributed by atoms with Crippen molar-refractivity contribution in [2.45, 2.75) is 26.4 Å². The first-order chi connectivity index (χ1) is 7.59. The number of carbonyl (C=O) groups excluding carboxylic acids is 1. The van der Waals surface area contributed by atoms with E-state index < -0.39 is 6.10 Å². The largest absolute Gasteiger partial charge is 0.465 e. The van der Waals surface area contributed by atoms with Crippen molar-refractivity contribution in [2.24, 2.45) is 5.92 Å². The molecule has 16 heavy (non-hydrogen) atoms. The molecule has 0 bridgehead atoms. The van der Waals surface area contributed by atoms with Crippen LogP contribution in [0, 0.1) is 5.92 Å². The Morgan fingerprint density at radius 1 is 1.38 bits per heavy atom. The summed E-state index contributed by atoms with van der Waals surface area (Å²) in [6, 6.07) is 9.78.